The third-order valence-electron chi connectivity index (χ3n) is 5.19. The third-order valence-corrected chi connectivity index (χ3v) is 5.19. The molecule has 1 aliphatic rings. The Bertz CT molecular complexity index is 1020. The number of pyridine rings is 2. The summed E-state index contributed by atoms with van der Waals surface area (Å²) in [7, 11) is 0. The van der Waals surface area contributed by atoms with Gasteiger partial charge in [0, 0.05) is 43.5 Å². The number of hydrogen-bond acceptors (Lipinski definition) is 6. The highest BCUT2D eigenvalue weighted by Crippen LogP contribution is 2.19. The van der Waals surface area contributed by atoms with Gasteiger partial charge in [0.05, 0.1) is 24.0 Å². The van der Waals surface area contributed by atoms with Crippen molar-refractivity contribution in [2.75, 3.05) is 18.0 Å². The molecule has 2 unspecified atom stereocenters. The van der Waals surface area contributed by atoms with Gasteiger partial charge in [0.25, 0.3) is 5.91 Å². The monoisotopic (exact) mass is 408 g/mol. The number of anilines is 1. The largest absolute Gasteiger partial charge is 0.372 e. The first kappa shape index (κ1) is 20.3. The number of morpholine rings is 1. The van der Waals surface area contributed by atoms with Crippen molar-refractivity contribution in [1.29, 1.82) is 0 Å². The predicted molar refractivity (Wildman–Crippen MR) is 116 cm³/mol. The Balaban J connectivity index is 1.38. The van der Waals surface area contributed by atoms with Crippen LogP contribution in [0.2, 0.25) is 0 Å². The Kier molecular flexibility index (Phi) is 5.67. The molecular formula is C22H28N6O2. The Hall–Kier alpha value is -3.00. The molecule has 0 spiro atoms. The smallest absolute Gasteiger partial charge is 0.253 e. The molecule has 4 rings (SSSR count). The average Bonchev–Trinajstić information content (AvgIpc) is 3.15. The summed E-state index contributed by atoms with van der Waals surface area (Å²) in [5, 5.41) is 8.15. The molecule has 158 valence electrons. The zero-order chi connectivity index (χ0) is 21.3. The van der Waals surface area contributed by atoms with Crippen LogP contribution in [-0.4, -0.2) is 51.0 Å². The zero-order valence-electron chi connectivity index (χ0n) is 17.9. The van der Waals surface area contributed by atoms with E-state index in [9.17, 15) is 4.79 Å². The van der Waals surface area contributed by atoms with E-state index in [1.54, 1.807) is 12.4 Å². The number of hydrogen-bond donors (Lipinski definition) is 1. The van der Waals surface area contributed by atoms with Gasteiger partial charge >= 0.3 is 0 Å². The van der Waals surface area contributed by atoms with Gasteiger partial charge in [-0.3, -0.25) is 4.79 Å². The fraction of sp³-hybridized carbons (Fsp3) is 0.455. The van der Waals surface area contributed by atoms with E-state index in [-0.39, 0.29) is 24.2 Å². The first-order valence-electron chi connectivity index (χ1n) is 10.4. The third kappa shape index (κ3) is 4.28. The van der Waals surface area contributed by atoms with Crippen LogP contribution >= 0.6 is 0 Å². The lowest BCUT2D eigenvalue weighted by Crippen LogP contribution is -2.45. The number of carbonyl (C=O) groups excluding carboxylic acids is 1. The normalized spacial score (nSPS) is 19.4. The molecule has 8 heteroatoms. The highest BCUT2D eigenvalue weighted by molar-refractivity contribution is 5.96. The lowest BCUT2D eigenvalue weighted by Gasteiger charge is -2.36. The standard InChI is InChI=1S/C22H28N6O2/c1-14(2)28-21-18(11-26-28)7-19(10-24-21)22(29)25-9-17-5-6-20(23-8-17)27-12-15(3)30-16(4)13-27/h5-8,10-11,14-16H,9,12-13H2,1-4H3,(H,25,29). The zero-order valence-corrected chi connectivity index (χ0v) is 17.9. The van der Waals surface area contributed by atoms with Crippen molar-refractivity contribution < 1.29 is 9.53 Å². The van der Waals surface area contributed by atoms with Gasteiger partial charge < -0.3 is 15.0 Å². The maximum absolute atomic E-state index is 12.6. The summed E-state index contributed by atoms with van der Waals surface area (Å²) in [4.78, 5) is 23.8. The molecule has 0 bridgehead atoms. The molecule has 1 fully saturated rings. The van der Waals surface area contributed by atoms with E-state index < -0.39 is 0 Å². The molecule has 1 amide bonds. The van der Waals surface area contributed by atoms with Gasteiger partial charge in [0.2, 0.25) is 0 Å². The summed E-state index contributed by atoms with van der Waals surface area (Å²) in [6, 6.07) is 6.04. The van der Waals surface area contributed by atoms with E-state index in [0.717, 1.165) is 35.5 Å². The topological polar surface area (TPSA) is 85.2 Å². The highest BCUT2D eigenvalue weighted by Gasteiger charge is 2.23. The molecule has 8 nitrogen and oxygen atoms in total. The van der Waals surface area contributed by atoms with Crippen molar-refractivity contribution in [3.8, 4) is 0 Å². The minimum Gasteiger partial charge on any atom is -0.372 e. The number of fused-ring (bicyclic) bond motifs is 1. The summed E-state index contributed by atoms with van der Waals surface area (Å²) >= 11 is 0. The van der Waals surface area contributed by atoms with Crippen LogP contribution in [0.25, 0.3) is 11.0 Å². The molecule has 0 radical (unpaired) electrons. The lowest BCUT2D eigenvalue weighted by atomic mass is 10.2. The SMILES string of the molecule is CC1CN(c2ccc(CNC(=O)c3cnc4c(cnn4C(C)C)c3)cn2)CC(C)O1. The number of rotatable bonds is 5. The Labute approximate surface area is 176 Å². The van der Waals surface area contributed by atoms with Gasteiger partial charge in [-0.2, -0.15) is 5.10 Å². The molecule has 0 aromatic carbocycles. The molecule has 1 aliphatic heterocycles. The summed E-state index contributed by atoms with van der Waals surface area (Å²) < 4.78 is 7.63. The second kappa shape index (κ2) is 8.39. The van der Waals surface area contributed by atoms with Crippen LogP contribution < -0.4 is 10.2 Å². The van der Waals surface area contributed by atoms with Crippen LogP contribution in [0.4, 0.5) is 5.82 Å². The van der Waals surface area contributed by atoms with Crippen molar-refractivity contribution in [2.45, 2.75) is 52.5 Å². The van der Waals surface area contributed by atoms with Gasteiger partial charge in [-0.15, -0.1) is 0 Å². The van der Waals surface area contributed by atoms with Crippen LogP contribution in [-0.2, 0) is 11.3 Å². The second-order valence-electron chi connectivity index (χ2n) is 8.19. The highest BCUT2D eigenvalue weighted by atomic mass is 16.5. The van der Waals surface area contributed by atoms with Gasteiger partial charge in [0.15, 0.2) is 5.65 Å². The fourth-order valence-corrected chi connectivity index (χ4v) is 3.80. The molecule has 3 aromatic heterocycles. The quantitative estimate of drug-likeness (QED) is 0.699. The molecule has 0 saturated carbocycles. The molecule has 1 N–H and O–H groups in total. The van der Waals surface area contributed by atoms with E-state index in [1.165, 1.54) is 0 Å². The fourth-order valence-electron chi connectivity index (χ4n) is 3.80. The van der Waals surface area contributed by atoms with E-state index in [2.05, 4.69) is 39.1 Å². The van der Waals surface area contributed by atoms with Crippen molar-refractivity contribution in [3.63, 3.8) is 0 Å². The summed E-state index contributed by atoms with van der Waals surface area (Å²) in [6.07, 6.45) is 5.53. The number of nitrogens with one attached hydrogen (secondary N) is 1. The molecular weight excluding hydrogens is 380 g/mol. The number of amides is 1. The molecule has 2 atom stereocenters. The van der Waals surface area contributed by atoms with Gasteiger partial charge in [-0.25, -0.2) is 14.6 Å². The molecule has 30 heavy (non-hydrogen) atoms. The van der Waals surface area contributed by atoms with Crippen molar-refractivity contribution in [2.24, 2.45) is 0 Å². The minimum atomic E-state index is -0.165. The first-order valence-corrected chi connectivity index (χ1v) is 10.4. The molecule has 4 heterocycles. The Morgan fingerprint density at radius 1 is 1.17 bits per heavy atom. The number of aromatic nitrogens is 4. The molecule has 3 aromatic rings. The van der Waals surface area contributed by atoms with Crippen molar-refractivity contribution >= 4 is 22.8 Å². The number of nitrogens with zero attached hydrogens (tertiary/aromatic N) is 5. The first-order chi connectivity index (χ1) is 14.4. The van der Waals surface area contributed by atoms with Crippen LogP contribution in [0, 0.1) is 0 Å². The van der Waals surface area contributed by atoms with Gasteiger partial charge in [-0.05, 0) is 45.4 Å². The minimum absolute atomic E-state index is 0.165. The lowest BCUT2D eigenvalue weighted by molar-refractivity contribution is -0.00546. The summed E-state index contributed by atoms with van der Waals surface area (Å²) in [5.74, 6) is 0.769. The predicted octanol–water partition coefficient (Wildman–Crippen LogP) is 2.95. The Morgan fingerprint density at radius 3 is 2.60 bits per heavy atom. The van der Waals surface area contributed by atoms with Crippen LogP contribution in [0.15, 0.2) is 36.8 Å². The van der Waals surface area contributed by atoms with E-state index in [0.29, 0.717) is 12.1 Å². The van der Waals surface area contributed by atoms with Gasteiger partial charge in [-0.1, -0.05) is 6.07 Å². The van der Waals surface area contributed by atoms with Crippen molar-refractivity contribution in [3.05, 3.63) is 47.9 Å². The maximum Gasteiger partial charge on any atom is 0.253 e. The van der Waals surface area contributed by atoms with Crippen LogP contribution in [0.1, 0.15) is 49.7 Å². The maximum atomic E-state index is 12.6. The van der Waals surface area contributed by atoms with Crippen molar-refractivity contribution in [1.82, 2.24) is 25.1 Å². The van der Waals surface area contributed by atoms with Crippen LogP contribution in [0.3, 0.4) is 0 Å². The summed E-state index contributed by atoms with van der Waals surface area (Å²) in [6.45, 7) is 10.3. The number of ether oxygens (including phenoxy) is 1. The van der Waals surface area contributed by atoms with E-state index >= 15 is 0 Å². The molecule has 1 saturated heterocycles. The second-order valence-corrected chi connectivity index (χ2v) is 8.19. The average molecular weight is 409 g/mol. The van der Waals surface area contributed by atoms with E-state index in [1.807, 2.05) is 42.9 Å². The summed E-state index contributed by atoms with van der Waals surface area (Å²) in [5.41, 5.74) is 2.25. The molecule has 0 aliphatic carbocycles. The van der Waals surface area contributed by atoms with Crippen LogP contribution in [0.5, 0.6) is 0 Å². The number of carbonyl (C=O) groups is 1. The van der Waals surface area contributed by atoms with E-state index in [4.69, 9.17) is 4.74 Å². The van der Waals surface area contributed by atoms with Gasteiger partial charge in [0.1, 0.15) is 5.82 Å². The Morgan fingerprint density at radius 2 is 1.93 bits per heavy atom.